The zero-order valence-electron chi connectivity index (χ0n) is 10.9. The third-order valence-electron chi connectivity index (χ3n) is 3.53. The number of halogens is 1. The van der Waals surface area contributed by atoms with E-state index in [0.717, 1.165) is 62.1 Å². The van der Waals surface area contributed by atoms with Crippen LogP contribution >= 0.6 is 11.6 Å². The van der Waals surface area contributed by atoms with Crippen LogP contribution in [0.3, 0.4) is 0 Å². The van der Waals surface area contributed by atoms with Crippen molar-refractivity contribution in [1.29, 1.82) is 0 Å². The second kappa shape index (κ2) is 5.80. The largest absolute Gasteiger partial charge is 0.423 e. The highest BCUT2D eigenvalue weighted by atomic mass is 35.5. The minimum Gasteiger partial charge on any atom is -0.423 e. The van der Waals surface area contributed by atoms with Gasteiger partial charge in [-0.15, -0.1) is 11.6 Å². The molecule has 5 heteroatoms. The van der Waals surface area contributed by atoms with Gasteiger partial charge in [-0.2, -0.15) is 4.98 Å². The van der Waals surface area contributed by atoms with E-state index in [0.29, 0.717) is 0 Å². The fourth-order valence-electron chi connectivity index (χ4n) is 2.44. The Morgan fingerprint density at radius 2 is 1.95 bits per heavy atom. The van der Waals surface area contributed by atoms with Crippen LogP contribution in [0.2, 0.25) is 0 Å². The summed E-state index contributed by atoms with van der Waals surface area (Å²) in [5.74, 6) is 0.741. The molecule has 1 aliphatic heterocycles. The summed E-state index contributed by atoms with van der Waals surface area (Å²) in [4.78, 5) is 9.21. The van der Waals surface area contributed by atoms with E-state index in [1.165, 1.54) is 0 Å². The predicted octanol–water partition coefficient (Wildman–Crippen LogP) is 2.58. The topological polar surface area (TPSA) is 32.5 Å². The van der Waals surface area contributed by atoms with Crippen molar-refractivity contribution < 1.29 is 4.42 Å². The maximum Gasteiger partial charge on any atom is 0.298 e. The minimum absolute atomic E-state index is 0.741. The molecule has 0 aliphatic carbocycles. The number of fused-ring (bicyclic) bond motifs is 1. The van der Waals surface area contributed by atoms with Gasteiger partial charge in [0.05, 0.1) is 0 Å². The molecule has 0 bridgehead atoms. The Morgan fingerprint density at radius 3 is 2.68 bits per heavy atom. The SMILES string of the molecule is ClCCCN1CCN(c2nc3ccccc3o2)CC1. The van der Waals surface area contributed by atoms with Crippen molar-refractivity contribution in [2.75, 3.05) is 43.5 Å². The second-order valence-corrected chi connectivity index (χ2v) is 5.21. The van der Waals surface area contributed by atoms with Crippen LogP contribution in [-0.2, 0) is 0 Å². The summed E-state index contributed by atoms with van der Waals surface area (Å²) in [6, 6.07) is 8.65. The normalized spacial score (nSPS) is 17.2. The lowest BCUT2D eigenvalue weighted by atomic mass is 10.3. The summed E-state index contributed by atoms with van der Waals surface area (Å²) in [6.07, 6.45) is 1.06. The van der Waals surface area contributed by atoms with E-state index in [1.807, 2.05) is 24.3 Å². The van der Waals surface area contributed by atoms with Crippen molar-refractivity contribution in [2.24, 2.45) is 0 Å². The summed E-state index contributed by atoms with van der Waals surface area (Å²) in [7, 11) is 0. The highest BCUT2D eigenvalue weighted by Crippen LogP contribution is 2.22. The second-order valence-electron chi connectivity index (χ2n) is 4.84. The van der Waals surface area contributed by atoms with E-state index in [2.05, 4.69) is 14.8 Å². The molecule has 1 aliphatic rings. The van der Waals surface area contributed by atoms with Crippen LogP contribution in [-0.4, -0.2) is 48.5 Å². The predicted molar refractivity (Wildman–Crippen MR) is 78.0 cm³/mol. The lowest BCUT2D eigenvalue weighted by Crippen LogP contribution is -2.46. The van der Waals surface area contributed by atoms with Crippen LogP contribution in [0, 0.1) is 0 Å². The van der Waals surface area contributed by atoms with Gasteiger partial charge in [0.25, 0.3) is 6.01 Å². The average molecular weight is 280 g/mol. The number of oxazole rings is 1. The lowest BCUT2D eigenvalue weighted by molar-refractivity contribution is 0.254. The molecule has 1 aromatic carbocycles. The number of anilines is 1. The molecule has 2 aromatic rings. The average Bonchev–Trinajstić information content (AvgIpc) is 2.89. The van der Waals surface area contributed by atoms with Gasteiger partial charge in [0.1, 0.15) is 5.52 Å². The summed E-state index contributed by atoms with van der Waals surface area (Å²) < 4.78 is 5.80. The molecule has 0 saturated carbocycles. The van der Waals surface area contributed by atoms with Gasteiger partial charge in [-0.1, -0.05) is 12.1 Å². The summed E-state index contributed by atoms with van der Waals surface area (Å²) in [5.41, 5.74) is 1.80. The van der Waals surface area contributed by atoms with Crippen molar-refractivity contribution in [3.63, 3.8) is 0 Å². The van der Waals surface area contributed by atoms with Gasteiger partial charge >= 0.3 is 0 Å². The van der Waals surface area contributed by atoms with Gasteiger partial charge in [-0.3, -0.25) is 4.90 Å². The zero-order chi connectivity index (χ0) is 13.1. The standard InChI is InChI=1S/C14H18ClN3O/c15-6-3-7-17-8-10-18(11-9-17)14-16-12-4-1-2-5-13(12)19-14/h1-2,4-5H,3,6-11H2. The van der Waals surface area contributed by atoms with E-state index >= 15 is 0 Å². The molecular weight excluding hydrogens is 262 g/mol. The highest BCUT2D eigenvalue weighted by molar-refractivity contribution is 6.17. The van der Waals surface area contributed by atoms with Crippen LogP contribution < -0.4 is 4.90 Å². The maximum absolute atomic E-state index is 5.80. The Labute approximate surface area is 117 Å². The van der Waals surface area contributed by atoms with Crippen LogP contribution in [0.4, 0.5) is 6.01 Å². The summed E-state index contributed by atoms with van der Waals surface area (Å²) in [6.45, 7) is 5.13. The molecule has 1 saturated heterocycles. The van der Waals surface area contributed by atoms with Crippen molar-refractivity contribution >= 4 is 28.7 Å². The van der Waals surface area contributed by atoms with Crippen LogP contribution in [0.15, 0.2) is 28.7 Å². The Balaban J connectivity index is 1.64. The van der Waals surface area contributed by atoms with Gasteiger partial charge in [0, 0.05) is 32.1 Å². The number of hydrogen-bond acceptors (Lipinski definition) is 4. The number of alkyl halides is 1. The van der Waals surface area contributed by atoms with E-state index in [9.17, 15) is 0 Å². The molecule has 0 radical (unpaired) electrons. The Bertz CT molecular complexity index is 501. The van der Waals surface area contributed by atoms with E-state index in [4.69, 9.17) is 16.0 Å². The summed E-state index contributed by atoms with van der Waals surface area (Å²) >= 11 is 5.73. The molecule has 4 nitrogen and oxygen atoms in total. The molecule has 3 rings (SSSR count). The van der Waals surface area contributed by atoms with E-state index in [1.54, 1.807) is 0 Å². The first kappa shape index (κ1) is 12.8. The Morgan fingerprint density at radius 1 is 1.16 bits per heavy atom. The van der Waals surface area contributed by atoms with Crippen LogP contribution in [0.1, 0.15) is 6.42 Å². The molecule has 0 spiro atoms. The number of piperazine rings is 1. The number of para-hydroxylation sites is 2. The third-order valence-corrected chi connectivity index (χ3v) is 3.80. The quantitative estimate of drug-likeness (QED) is 0.806. The van der Waals surface area contributed by atoms with Gasteiger partial charge < -0.3 is 9.32 Å². The third kappa shape index (κ3) is 2.85. The first-order chi connectivity index (χ1) is 9.36. The van der Waals surface area contributed by atoms with Gasteiger partial charge in [0.2, 0.25) is 0 Å². The molecule has 102 valence electrons. The highest BCUT2D eigenvalue weighted by Gasteiger charge is 2.20. The van der Waals surface area contributed by atoms with Gasteiger partial charge in [-0.05, 0) is 25.1 Å². The molecule has 2 heterocycles. The number of benzene rings is 1. The smallest absolute Gasteiger partial charge is 0.298 e. The molecular formula is C14H18ClN3O. The molecule has 1 aromatic heterocycles. The molecule has 0 N–H and O–H groups in total. The fraction of sp³-hybridized carbons (Fsp3) is 0.500. The minimum atomic E-state index is 0.741. The first-order valence-electron chi connectivity index (χ1n) is 6.75. The number of nitrogens with zero attached hydrogens (tertiary/aromatic N) is 3. The first-order valence-corrected chi connectivity index (χ1v) is 7.29. The monoisotopic (exact) mass is 279 g/mol. The molecule has 0 atom stereocenters. The van der Waals surface area contributed by atoms with Crippen molar-refractivity contribution in [3.05, 3.63) is 24.3 Å². The number of rotatable bonds is 4. The lowest BCUT2D eigenvalue weighted by Gasteiger charge is -2.33. The molecule has 0 unspecified atom stereocenters. The zero-order valence-corrected chi connectivity index (χ0v) is 11.6. The van der Waals surface area contributed by atoms with Crippen LogP contribution in [0.25, 0.3) is 11.1 Å². The maximum atomic E-state index is 5.80. The van der Waals surface area contributed by atoms with Crippen molar-refractivity contribution in [2.45, 2.75) is 6.42 Å². The Hall–Kier alpha value is -1.26. The van der Waals surface area contributed by atoms with Gasteiger partial charge in [0.15, 0.2) is 5.58 Å². The van der Waals surface area contributed by atoms with Crippen LogP contribution in [0.5, 0.6) is 0 Å². The summed E-state index contributed by atoms with van der Waals surface area (Å²) in [5, 5.41) is 0. The van der Waals surface area contributed by atoms with Crippen molar-refractivity contribution in [1.82, 2.24) is 9.88 Å². The van der Waals surface area contributed by atoms with E-state index in [-0.39, 0.29) is 0 Å². The molecule has 19 heavy (non-hydrogen) atoms. The van der Waals surface area contributed by atoms with Gasteiger partial charge in [-0.25, -0.2) is 0 Å². The number of hydrogen-bond donors (Lipinski definition) is 0. The number of aromatic nitrogens is 1. The molecule has 0 amide bonds. The van der Waals surface area contributed by atoms with Crippen molar-refractivity contribution in [3.8, 4) is 0 Å². The molecule has 1 fully saturated rings. The Kier molecular flexibility index (Phi) is 3.89. The fourth-order valence-corrected chi connectivity index (χ4v) is 2.56. The van der Waals surface area contributed by atoms with E-state index < -0.39 is 0 Å².